The molecule has 29 heavy (non-hydrogen) atoms. The Morgan fingerprint density at radius 1 is 1.07 bits per heavy atom. The number of ether oxygens (including phenoxy) is 3. The molecule has 0 spiro atoms. The zero-order valence-electron chi connectivity index (χ0n) is 16.9. The summed E-state index contributed by atoms with van der Waals surface area (Å²) in [4.78, 5) is 39.5. The van der Waals surface area contributed by atoms with E-state index < -0.39 is 23.8 Å². The number of hydrogen-bond acceptors (Lipinski definition) is 6. The van der Waals surface area contributed by atoms with E-state index in [2.05, 4.69) is 0 Å². The summed E-state index contributed by atoms with van der Waals surface area (Å²) >= 11 is 0. The molecule has 0 saturated heterocycles. The number of methoxy groups -OCH3 is 2. The van der Waals surface area contributed by atoms with Gasteiger partial charge in [0.25, 0.3) is 11.8 Å². The summed E-state index contributed by atoms with van der Waals surface area (Å²) in [7, 11) is 2.79. The monoisotopic (exact) mass is 397 g/mol. The molecule has 2 aromatic carbocycles. The molecule has 0 radical (unpaired) electrons. The Hall–Kier alpha value is -3.35. The lowest BCUT2D eigenvalue weighted by molar-refractivity contribution is -0.141. The Kier molecular flexibility index (Phi) is 5.87. The lowest BCUT2D eigenvalue weighted by Crippen LogP contribution is -2.35. The Bertz CT molecular complexity index is 968. The zero-order valence-corrected chi connectivity index (χ0v) is 16.9. The van der Waals surface area contributed by atoms with Crippen molar-refractivity contribution in [3.8, 4) is 11.5 Å². The molecule has 0 fully saturated rings. The van der Waals surface area contributed by atoms with Gasteiger partial charge >= 0.3 is 5.97 Å². The summed E-state index contributed by atoms with van der Waals surface area (Å²) in [5.41, 5.74) is 1.99. The number of carbonyl (C=O) groups is 3. The van der Waals surface area contributed by atoms with Crippen LogP contribution in [0.3, 0.4) is 0 Å². The summed E-state index contributed by atoms with van der Waals surface area (Å²) in [5.74, 6) is -0.403. The van der Waals surface area contributed by atoms with Crippen LogP contribution in [0.25, 0.3) is 0 Å². The minimum Gasteiger partial charge on any atom is -0.493 e. The smallest absolute Gasteiger partial charge is 0.307 e. The highest BCUT2D eigenvalue weighted by Crippen LogP contribution is 2.38. The Labute approximate surface area is 169 Å². The molecule has 1 aliphatic rings. The van der Waals surface area contributed by atoms with Crippen LogP contribution < -0.4 is 9.47 Å². The topological polar surface area (TPSA) is 82.1 Å². The van der Waals surface area contributed by atoms with E-state index in [0.29, 0.717) is 40.4 Å². The van der Waals surface area contributed by atoms with Gasteiger partial charge in [0.15, 0.2) is 11.5 Å². The van der Waals surface area contributed by atoms with E-state index in [1.54, 1.807) is 43.3 Å². The minimum absolute atomic E-state index is 0.168. The molecule has 0 saturated carbocycles. The fraction of sp³-hybridized carbons (Fsp3) is 0.318. The van der Waals surface area contributed by atoms with Crippen LogP contribution in [0.2, 0.25) is 0 Å². The van der Waals surface area contributed by atoms with Crippen LogP contribution in [0.5, 0.6) is 11.5 Å². The maximum atomic E-state index is 13.1. The summed E-state index contributed by atoms with van der Waals surface area (Å²) in [6.07, 6.45) is -0.168. The molecule has 2 aromatic rings. The van der Waals surface area contributed by atoms with Gasteiger partial charge < -0.3 is 14.2 Å². The van der Waals surface area contributed by atoms with Gasteiger partial charge in [-0.3, -0.25) is 19.3 Å². The SMILES string of the molecule is CCOc1cc(C(CC(=O)OC)N2C(=O)c3cccc(C)c3C2=O)ccc1OC. The lowest BCUT2D eigenvalue weighted by Gasteiger charge is -2.26. The molecule has 0 aliphatic carbocycles. The van der Waals surface area contributed by atoms with Crippen molar-refractivity contribution < 1.29 is 28.6 Å². The average Bonchev–Trinajstić information content (AvgIpc) is 2.97. The third-order valence-corrected chi connectivity index (χ3v) is 4.93. The van der Waals surface area contributed by atoms with Crippen molar-refractivity contribution in [2.45, 2.75) is 26.3 Å². The molecule has 2 amide bonds. The third kappa shape index (κ3) is 3.68. The lowest BCUT2D eigenvalue weighted by atomic mass is 10.0. The van der Waals surface area contributed by atoms with Crippen molar-refractivity contribution in [1.82, 2.24) is 4.90 Å². The number of amides is 2. The van der Waals surface area contributed by atoms with Gasteiger partial charge in [0.2, 0.25) is 0 Å². The molecular formula is C22H23NO6. The highest BCUT2D eigenvalue weighted by Gasteiger charge is 2.42. The molecule has 0 N–H and O–H groups in total. The zero-order chi connectivity index (χ0) is 21.1. The van der Waals surface area contributed by atoms with Gasteiger partial charge in [0.05, 0.1) is 44.4 Å². The first kappa shape index (κ1) is 20.4. The Balaban J connectivity index is 2.09. The normalized spacial score (nSPS) is 13.9. The van der Waals surface area contributed by atoms with Gasteiger partial charge in [-0.05, 0) is 43.2 Å². The molecule has 7 heteroatoms. The first-order valence-electron chi connectivity index (χ1n) is 9.27. The number of imide groups is 1. The van der Waals surface area contributed by atoms with Crippen LogP contribution in [-0.4, -0.2) is 43.5 Å². The molecule has 0 aromatic heterocycles. The van der Waals surface area contributed by atoms with E-state index in [1.165, 1.54) is 14.2 Å². The van der Waals surface area contributed by atoms with E-state index in [1.807, 2.05) is 6.92 Å². The fourth-order valence-electron chi connectivity index (χ4n) is 3.52. The highest BCUT2D eigenvalue weighted by atomic mass is 16.5. The van der Waals surface area contributed by atoms with Crippen LogP contribution >= 0.6 is 0 Å². The predicted molar refractivity (Wildman–Crippen MR) is 105 cm³/mol. The molecule has 1 atom stereocenters. The third-order valence-electron chi connectivity index (χ3n) is 4.93. The summed E-state index contributed by atoms with van der Waals surface area (Å²) < 4.78 is 15.7. The Morgan fingerprint density at radius 3 is 2.45 bits per heavy atom. The number of aryl methyl sites for hydroxylation is 1. The maximum absolute atomic E-state index is 13.1. The molecule has 1 heterocycles. The second-order valence-electron chi connectivity index (χ2n) is 6.62. The summed E-state index contributed by atoms with van der Waals surface area (Å²) in [5, 5.41) is 0. The largest absolute Gasteiger partial charge is 0.493 e. The number of esters is 1. The minimum atomic E-state index is -0.834. The molecule has 152 valence electrons. The number of hydrogen-bond donors (Lipinski definition) is 0. The van der Waals surface area contributed by atoms with Crippen LogP contribution in [0.1, 0.15) is 51.2 Å². The van der Waals surface area contributed by atoms with Crippen LogP contribution in [0, 0.1) is 6.92 Å². The van der Waals surface area contributed by atoms with E-state index in [0.717, 1.165) is 4.90 Å². The van der Waals surface area contributed by atoms with Crippen molar-refractivity contribution in [1.29, 1.82) is 0 Å². The first-order valence-corrected chi connectivity index (χ1v) is 9.27. The average molecular weight is 397 g/mol. The molecule has 1 unspecified atom stereocenters. The molecule has 7 nitrogen and oxygen atoms in total. The predicted octanol–water partition coefficient (Wildman–Crippen LogP) is 3.30. The van der Waals surface area contributed by atoms with E-state index in [9.17, 15) is 14.4 Å². The van der Waals surface area contributed by atoms with Crippen molar-refractivity contribution in [3.63, 3.8) is 0 Å². The molecule has 1 aliphatic heterocycles. The second-order valence-corrected chi connectivity index (χ2v) is 6.62. The van der Waals surface area contributed by atoms with Crippen molar-refractivity contribution in [2.75, 3.05) is 20.8 Å². The highest BCUT2D eigenvalue weighted by molar-refractivity contribution is 6.22. The van der Waals surface area contributed by atoms with Crippen LogP contribution in [-0.2, 0) is 9.53 Å². The quantitative estimate of drug-likeness (QED) is 0.527. The number of carbonyl (C=O) groups excluding carboxylic acids is 3. The van der Waals surface area contributed by atoms with E-state index in [-0.39, 0.29) is 6.42 Å². The number of fused-ring (bicyclic) bond motifs is 1. The van der Waals surface area contributed by atoms with Crippen LogP contribution in [0.4, 0.5) is 0 Å². The van der Waals surface area contributed by atoms with Gasteiger partial charge in [-0.25, -0.2) is 0 Å². The number of benzene rings is 2. The van der Waals surface area contributed by atoms with Crippen LogP contribution in [0.15, 0.2) is 36.4 Å². The molecule has 3 rings (SSSR count). The van der Waals surface area contributed by atoms with E-state index >= 15 is 0 Å². The van der Waals surface area contributed by atoms with Gasteiger partial charge in [0, 0.05) is 0 Å². The number of nitrogens with zero attached hydrogens (tertiary/aromatic N) is 1. The summed E-state index contributed by atoms with van der Waals surface area (Å²) in [6.45, 7) is 4.03. The molecule has 0 bridgehead atoms. The van der Waals surface area contributed by atoms with Gasteiger partial charge in [-0.15, -0.1) is 0 Å². The van der Waals surface area contributed by atoms with Crippen molar-refractivity contribution in [2.24, 2.45) is 0 Å². The second kappa shape index (κ2) is 8.34. The summed E-state index contributed by atoms with van der Waals surface area (Å²) in [6, 6.07) is 9.39. The van der Waals surface area contributed by atoms with Gasteiger partial charge in [-0.2, -0.15) is 0 Å². The van der Waals surface area contributed by atoms with E-state index in [4.69, 9.17) is 14.2 Å². The Morgan fingerprint density at radius 2 is 1.83 bits per heavy atom. The maximum Gasteiger partial charge on any atom is 0.307 e. The first-order chi connectivity index (χ1) is 13.9. The number of rotatable bonds is 7. The van der Waals surface area contributed by atoms with Crippen molar-refractivity contribution >= 4 is 17.8 Å². The van der Waals surface area contributed by atoms with Gasteiger partial charge in [0.1, 0.15) is 0 Å². The standard InChI is InChI=1S/C22H23NO6/c1-5-29-18-11-14(9-10-17(18)27-3)16(12-19(24)28-4)23-21(25)15-8-6-7-13(2)20(15)22(23)26/h6-11,16H,5,12H2,1-4H3. The van der Waals surface area contributed by atoms with Gasteiger partial charge in [-0.1, -0.05) is 18.2 Å². The molecular weight excluding hydrogens is 374 g/mol. The fourth-order valence-corrected chi connectivity index (χ4v) is 3.52. The van der Waals surface area contributed by atoms with Crippen molar-refractivity contribution in [3.05, 3.63) is 58.7 Å².